The molecule has 9 rings (SSSR count). The molecular formula is C42H39F4N2O5+. The maximum atomic E-state index is 14.6. The van der Waals surface area contributed by atoms with E-state index in [1.165, 1.54) is 34.7 Å². The average molecular weight is 728 g/mol. The minimum Gasteiger partial charge on any atom is -0.478 e. The number of benzene rings is 3. The predicted octanol–water partition coefficient (Wildman–Crippen LogP) is 6.37. The average Bonchev–Trinajstić information content (AvgIpc) is 3.49. The first-order valence-corrected chi connectivity index (χ1v) is 18.7. The van der Waals surface area contributed by atoms with E-state index in [4.69, 9.17) is 9.47 Å². The van der Waals surface area contributed by atoms with Crippen LogP contribution in [-0.4, -0.2) is 54.2 Å². The highest BCUT2D eigenvalue weighted by Crippen LogP contribution is 2.54. The van der Waals surface area contributed by atoms with Gasteiger partial charge in [-0.2, -0.15) is 8.78 Å². The Kier molecular flexibility index (Phi) is 8.14. The third-order valence-electron chi connectivity index (χ3n) is 12.2. The van der Waals surface area contributed by atoms with Crippen molar-refractivity contribution in [3.05, 3.63) is 115 Å². The van der Waals surface area contributed by atoms with Crippen molar-refractivity contribution in [2.45, 2.75) is 77.2 Å². The van der Waals surface area contributed by atoms with Crippen molar-refractivity contribution in [2.24, 2.45) is 5.41 Å². The molecule has 11 heteroatoms. The Bertz CT molecular complexity index is 2320. The molecule has 0 saturated carbocycles. The standard InChI is InChI=1S/C42H38F4N2O5/c1-42-13-7-17-48-15-5-3-9-23(38(42)48)19-29-32(28-18-22-8-2-4-14-47-16-6-10-26(35(22)47)36(28)52-39(29)42)27-20-24(11-12-25(27)40(49)50)41(51)53-37-33(45)30(43)21-31(44)34(37)46/h11-12,18-21,38H,2-10,13-17H2,1H3/p+1. The van der Waals surface area contributed by atoms with Gasteiger partial charge >= 0.3 is 11.9 Å². The van der Waals surface area contributed by atoms with Crippen molar-refractivity contribution in [3.63, 3.8) is 0 Å². The SMILES string of the molecule is CC12CCCN3CCCCC(=CC4=C1Oc1c5c6c(cc1=C4c1cc(C(=O)Oc4c(F)c(F)cc(F)c4F)ccc1C(=O)O)CCCC[N+]=6CCC5)C32. The van der Waals surface area contributed by atoms with Crippen LogP contribution < -0.4 is 24.6 Å². The van der Waals surface area contributed by atoms with Crippen molar-refractivity contribution in [3.8, 4) is 11.5 Å². The summed E-state index contributed by atoms with van der Waals surface area (Å²) in [6.07, 6.45) is 11.6. The molecule has 2 atom stereocenters. The lowest BCUT2D eigenvalue weighted by Gasteiger charge is -2.52. The van der Waals surface area contributed by atoms with Crippen LogP contribution in [0.2, 0.25) is 0 Å². The summed E-state index contributed by atoms with van der Waals surface area (Å²) >= 11 is 0. The smallest absolute Gasteiger partial charge is 0.343 e. The largest absolute Gasteiger partial charge is 0.478 e. The Hall–Kier alpha value is -4.77. The third-order valence-corrected chi connectivity index (χ3v) is 12.2. The van der Waals surface area contributed by atoms with E-state index in [-0.39, 0.29) is 28.8 Å². The van der Waals surface area contributed by atoms with Gasteiger partial charge in [-0.15, -0.1) is 0 Å². The zero-order valence-electron chi connectivity index (χ0n) is 29.4. The number of fused-ring (bicyclic) bond motifs is 3. The van der Waals surface area contributed by atoms with Crippen LogP contribution >= 0.6 is 0 Å². The predicted molar refractivity (Wildman–Crippen MR) is 187 cm³/mol. The molecule has 0 spiro atoms. The van der Waals surface area contributed by atoms with Gasteiger partial charge in [0.15, 0.2) is 11.6 Å². The van der Waals surface area contributed by atoms with E-state index in [0.29, 0.717) is 11.3 Å². The molecule has 6 aliphatic rings. The molecule has 2 fully saturated rings. The summed E-state index contributed by atoms with van der Waals surface area (Å²) in [5.41, 5.74) is 4.36. The molecule has 0 amide bonds. The highest BCUT2D eigenvalue weighted by atomic mass is 19.2. The van der Waals surface area contributed by atoms with Crippen LogP contribution in [0.15, 0.2) is 53.3 Å². The highest BCUT2D eigenvalue weighted by Gasteiger charge is 2.52. The lowest BCUT2D eigenvalue weighted by molar-refractivity contribution is 0.0462. The minimum atomic E-state index is -1.85. The van der Waals surface area contributed by atoms with Crippen molar-refractivity contribution >= 4 is 17.5 Å². The van der Waals surface area contributed by atoms with E-state index in [0.717, 1.165) is 113 Å². The Labute approximate surface area is 303 Å². The van der Waals surface area contributed by atoms with E-state index in [9.17, 15) is 32.3 Å². The van der Waals surface area contributed by atoms with Crippen LogP contribution in [0.5, 0.6) is 11.5 Å². The van der Waals surface area contributed by atoms with Crippen molar-refractivity contribution in [2.75, 3.05) is 26.2 Å². The number of allylic oxidation sites excluding steroid dienone is 2. The molecule has 274 valence electrons. The number of nitrogens with zero attached hydrogens (tertiary/aromatic N) is 2. The van der Waals surface area contributed by atoms with Gasteiger partial charge in [0.05, 0.1) is 16.7 Å². The van der Waals surface area contributed by atoms with E-state index < -0.39 is 46.4 Å². The maximum Gasteiger partial charge on any atom is 0.343 e. The Morgan fingerprint density at radius 3 is 2.47 bits per heavy atom. The van der Waals surface area contributed by atoms with E-state index in [1.54, 1.807) is 0 Å². The number of esters is 1. The van der Waals surface area contributed by atoms with Crippen LogP contribution in [0.1, 0.15) is 95.7 Å². The molecule has 1 N–H and O–H groups in total. The molecule has 0 bridgehead atoms. The number of aryl methyl sites for hydroxylation is 1. The zero-order chi connectivity index (χ0) is 36.8. The van der Waals surface area contributed by atoms with Gasteiger partial charge in [0.1, 0.15) is 24.6 Å². The van der Waals surface area contributed by atoms with Gasteiger partial charge in [0, 0.05) is 52.3 Å². The quantitative estimate of drug-likeness (QED) is 0.111. The Balaban J connectivity index is 1.33. The number of ether oxygens (including phenoxy) is 2. The second-order valence-corrected chi connectivity index (χ2v) is 15.4. The molecule has 0 radical (unpaired) electrons. The van der Waals surface area contributed by atoms with E-state index in [2.05, 4.69) is 28.5 Å². The number of aromatic carboxylic acids is 1. The summed E-state index contributed by atoms with van der Waals surface area (Å²) in [5, 5.41) is 12.6. The Morgan fingerprint density at radius 2 is 1.68 bits per heavy atom. The summed E-state index contributed by atoms with van der Waals surface area (Å²) in [5.74, 6) is -9.71. The minimum absolute atomic E-state index is 0.0308. The fourth-order valence-electron chi connectivity index (χ4n) is 9.97. The van der Waals surface area contributed by atoms with Gasteiger partial charge in [-0.25, -0.2) is 22.9 Å². The second kappa shape index (κ2) is 12.7. The summed E-state index contributed by atoms with van der Waals surface area (Å²) in [6.45, 7) is 6.14. The number of piperidine rings is 1. The lowest BCUT2D eigenvalue weighted by atomic mass is 9.64. The van der Waals surface area contributed by atoms with Gasteiger partial charge in [-0.1, -0.05) is 18.6 Å². The van der Waals surface area contributed by atoms with Crippen LogP contribution in [0, 0.1) is 28.7 Å². The van der Waals surface area contributed by atoms with Gasteiger partial charge in [-0.3, -0.25) is 4.90 Å². The molecule has 1 aliphatic carbocycles. The fourth-order valence-corrected chi connectivity index (χ4v) is 9.97. The van der Waals surface area contributed by atoms with Crippen LogP contribution in [0.25, 0.3) is 5.57 Å². The van der Waals surface area contributed by atoms with Crippen molar-refractivity contribution in [1.29, 1.82) is 0 Å². The summed E-state index contributed by atoms with van der Waals surface area (Å²) in [4.78, 5) is 29.2. The van der Waals surface area contributed by atoms with Crippen molar-refractivity contribution in [1.82, 2.24) is 9.48 Å². The number of hydrogen-bond acceptors (Lipinski definition) is 5. The molecule has 5 aliphatic heterocycles. The first kappa shape index (κ1) is 34.0. The van der Waals surface area contributed by atoms with Gasteiger partial charge < -0.3 is 14.6 Å². The molecule has 2 saturated heterocycles. The number of halogens is 4. The van der Waals surface area contributed by atoms with Crippen LogP contribution in [-0.2, 0) is 12.8 Å². The monoisotopic (exact) mass is 727 g/mol. The Morgan fingerprint density at radius 1 is 0.925 bits per heavy atom. The molecule has 53 heavy (non-hydrogen) atoms. The van der Waals surface area contributed by atoms with Gasteiger partial charge in [0.2, 0.25) is 22.7 Å². The molecular weight excluding hydrogens is 688 g/mol. The summed E-state index contributed by atoms with van der Waals surface area (Å²) in [6, 6.07) is 6.08. The summed E-state index contributed by atoms with van der Waals surface area (Å²) < 4.78 is 72.0. The zero-order valence-corrected chi connectivity index (χ0v) is 29.4. The number of carbonyl (C=O) groups is 2. The highest BCUT2D eigenvalue weighted by molar-refractivity contribution is 6.01. The second-order valence-electron chi connectivity index (χ2n) is 15.4. The van der Waals surface area contributed by atoms with Crippen LogP contribution in [0.4, 0.5) is 17.6 Å². The van der Waals surface area contributed by atoms with Gasteiger partial charge in [0.25, 0.3) is 0 Å². The topological polar surface area (TPSA) is 79.1 Å². The van der Waals surface area contributed by atoms with E-state index >= 15 is 0 Å². The molecule has 3 aromatic rings. The fraction of sp³-hybridized carbons (Fsp3) is 0.405. The maximum absolute atomic E-state index is 14.6. The van der Waals surface area contributed by atoms with Gasteiger partial charge in [-0.05, 0) is 94.3 Å². The van der Waals surface area contributed by atoms with Crippen molar-refractivity contribution < 1.29 is 41.7 Å². The number of carboxylic acid groups (broad SMARTS) is 1. The number of carbonyl (C=O) groups excluding carboxylic acids is 1. The van der Waals surface area contributed by atoms with Crippen LogP contribution in [0.3, 0.4) is 0 Å². The first-order valence-electron chi connectivity index (χ1n) is 18.7. The molecule has 0 aromatic heterocycles. The lowest BCUT2D eigenvalue weighted by Crippen LogP contribution is -2.55. The molecule has 2 unspecified atom stereocenters. The molecule has 3 aromatic carbocycles. The summed E-state index contributed by atoms with van der Waals surface area (Å²) in [7, 11) is 0. The molecule has 5 heterocycles. The van der Waals surface area contributed by atoms with E-state index in [1.807, 2.05) is 0 Å². The normalized spacial score (nSPS) is 23.4. The molecule has 7 nitrogen and oxygen atoms in total. The number of carboxylic acids is 1. The number of hydrogen-bond donors (Lipinski definition) is 1. The third kappa shape index (κ3) is 5.28. The first-order chi connectivity index (χ1) is 25.5. The number of rotatable bonds is 4.